The maximum Gasteiger partial charge on any atom is 0.0551 e. The first-order valence-corrected chi connectivity index (χ1v) is 5.95. The zero-order valence-electron chi connectivity index (χ0n) is 10.3. The van der Waals surface area contributed by atoms with Crippen LogP contribution in [-0.4, -0.2) is 35.6 Å². The molecule has 1 N–H and O–H groups in total. The zero-order chi connectivity index (χ0) is 11.5. The predicted molar refractivity (Wildman–Crippen MR) is 63.3 cm³/mol. The quantitative estimate of drug-likeness (QED) is 0.827. The van der Waals surface area contributed by atoms with Crippen LogP contribution >= 0.6 is 0 Å². The Morgan fingerprint density at radius 2 is 2.50 bits per heavy atom. The third-order valence-electron chi connectivity index (χ3n) is 3.38. The molecule has 1 aliphatic rings. The minimum atomic E-state index is 0.412. The van der Waals surface area contributed by atoms with Crippen LogP contribution in [0.3, 0.4) is 0 Å². The Kier molecular flexibility index (Phi) is 3.61. The molecule has 1 aromatic rings. The number of aromatic nitrogens is 2. The van der Waals surface area contributed by atoms with E-state index in [4.69, 9.17) is 4.74 Å². The highest BCUT2D eigenvalue weighted by Crippen LogP contribution is 2.24. The van der Waals surface area contributed by atoms with Crippen LogP contribution in [0.5, 0.6) is 0 Å². The fourth-order valence-corrected chi connectivity index (χ4v) is 2.47. The third kappa shape index (κ3) is 2.62. The molecule has 0 aliphatic carbocycles. The SMILES string of the molecule is CNC(Cc1cnn(C)c1)C1COC(C)C1. The Labute approximate surface area is 97.0 Å². The highest BCUT2D eigenvalue weighted by atomic mass is 16.5. The Bertz CT molecular complexity index is 337. The average molecular weight is 223 g/mol. The van der Waals surface area contributed by atoms with Crippen LogP contribution in [0.25, 0.3) is 0 Å². The summed E-state index contributed by atoms with van der Waals surface area (Å²) >= 11 is 0. The van der Waals surface area contributed by atoms with Gasteiger partial charge in [-0.1, -0.05) is 0 Å². The number of rotatable bonds is 4. The minimum Gasteiger partial charge on any atom is -0.378 e. The molecule has 3 atom stereocenters. The molecular weight excluding hydrogens is 202 g/mol. The molecule has 0 saturated carbocycles. The van der Waals surface area contributed by atoms with Gasteiger partial charge in [0.1, 0.15) is 0 Å². The van der Waals surface area contributed by atoms with Gasteiger partial charge in [0.2, 0.25) is 0 Å². The van der Waals surface area contributed by atoms with Gasteiger partial charge in [-0.3, -0.25) is 4.68 Å². The van der Waals surface area contributed by atoms with E-state index < -0.39 is 0 Å². The van der Waals surface area contributed by atoms with Crippen molar-refractivity contribution in [1.82, 2.24) is 15.1 Å². The molecule has 4 heteroatoms. The standard InChI is InChI=1S/C12H21N3O/c1-9-4-11(8-16-9)12(13-2)5-10-6-14-15(3)7-10/h6-7,9,11-13H,4-5,8H2,1-3H3. The van der Waals surface area contributed by atoms with Crippen molar-refractivity contribution in [2.45, 2.75) is 31.9 Å². The Balaban J connectivity index is 1.95. The minimum absolute atomic E-state index is 0.412. The first-order chi connectivity index (χ1) is 7.69. The first kappa shape index (κ1) is 11.6. The average Bonchev–Trinajstić information content (AvgIpc) is 2.84. The van der Waals surface area contributed by atoms with Gasteiger partial charge < -0.3 is 10.1 Å². The smallest absolute Gasteiger partial charge is 0.0551 e. The van der Waals surface area contributed by atoms with E-state index in [1.165, 1.54) is 5.56 Å². The molecule has 90 valence electrons. The summed E-state index contributed by atoms with van der Waals surface area (Å²) in [6, 6.07) is 0.495. The lowest BCUT2D eigenvalue weighted by molar-refractivity contribution is 0.117. The molecule has 1 aliphatic heterocycles. The second-order valence-corrected chi connectivity index (χ2v) is 4.76. The molecule has 0 spiro atoms. The highest BCUT2D eigenvalue weighted by Gasteiger charge is 2.28. The molecule has 1 fully saturated rings. The Hall–Kier alpha value is -0.870. The van der Waals surface area contributed by atoms with Crippen LogP contribution in [-0.2, 0) is 18.2 Å². The molecule has 3 unspecified atom stereocenters. The number of hydrogen-bond acceptors (Lipinski definition) is 3. The Morgan fingerprint density at radius 1 is 1.69 bits per heavy atom. The monoisotopic (exact) mass is 223 g/mol. The molecule has 1 aromatic heterocycles. The predicted octanol–water partition coefficient (Wildman–Crippen LogP) is 0.976. The van der Waals surface area contributed by atoms with E-state index in [1.807, 2.05) is 25.0 Å². The fourth-order valence-electron chi connectivity index (χ4n) is 2.47. The molecule has 16 heavy (non-hydrogen) atoms. The van der Waals surface area contributed by atoms with E-state index in [0.29, 0.717) is 18.1 Å². The number of likely N-dealkylation sites (N-methyl/N-ethyl adjacent to an activating group) is 1. The molecule has 0 bridgehead atoms. The molecule has 0 aromatic carbocycles. The molecule has 1 saturated heterocycles. The topological polar surface area (TPSA) is 39.1 Å². The lowest BCUT2D eigenvalue weighted by Crippen LogP contribution is -2.35. The zero-order valence-corrected chi connectivity index (χ0v) is 10.3. The third-order valence-corrected chi connectivity index (χ3v) is 3.38. The maximum absolute atomic E-state index is 5.63. The second kappa shape index (κ2) is 4.97. The van der Waals surface area contributed by atoms with Gasteiger partial charge in [0.05, 0.1) is 18.9 Å². The van der Waals surface area contributed by atoms with Crippen LogP contribution in [0.4, 0.5) is 0 Å². The van der Waals surface area contributed by atoms with Crippen molar-refractivity contribution in [2.75, 3.05) is 13.7 Å². The van der Waals surface area contributed by atoms with Gasteiger partial charge in [-0.15, -0.1) is 0 Å². The summed E-state index contributed by atoms with van der Waals surface area (Å²) in [5, 5.41) is 7.61. The highest BCUT2D eigenvalue weighted by molar-refractivity contribution is 5.07. The van der Waals surface area contributed by atoms with Gasteiger partial charge in [-0.25, -0.2) is 0 Å². The number of aryl methyl sites for hydroxylation is 1. The second-order valence-electron chi connectivity index (χ2n) is 4.76. The Morgan fingerprint density at radius 3 is 3.00 bits per heavy atom. The van der Waals surface area contributed by atoms with Crippen LogP contribution in [0, 0.1) is 5.92 Å². The molecular formula is C12H21N3O. The van der Waals surface area contributed by atoms with Crippen molar-refractivity contribution in [3.05, 3.63) is 18.0 Å². The van der Waals surface area contributed by atoms with E-state index in [1.54, 1.807) is 0 Å². The number of ether oxygens (including phenoxy) is 1. The van der Waals surface area contributed by atoms with Crippen molar-refractivity contribution in [2.24, 2.45) is 13.0 Å². The van der Waals surface area contributed by atoms with E-state index in [2.05, 4.69) is 23.5 Å². The molecule has 0 radical (unpaired) electrons. The summed E-state index contributed by atoms with van der Waals surface area (Å²) in [6.07, 6.45) is 6.64. The van der Waals surface area contributed by atoms with Gasteiger partial charge in [0.15, 0.2) is 0 Å². The van der Waals surface area contributed by atoms with E-state index in [0.717, 1.165) is 19.4 Å². The number of nitrogens with one attached hydrogen (secondary N) is 1. The van der Waals surface area contributed by atoms with Gasteiger partial charge in [-0.05, 0) is 32.4 Å². The van der Waals surface area contributed by atoms with Crippen LogP contribution in [0.2, 0.25) is 0 Å². The lowest BCUT2D eigenvalue weighted by Gasteiger charge is -2.21. The van der Waals surface area contributed by atoms with E-state index in [9.17, 15) is 0 Å². The first-order valence-electron chi connectivity index (χ1n) is 5.95. The van der Waals surface area contributed by atoms with Crippen LogP contribution in [0.15, 0.2) is 12.4 Å². The normalized spacial score (nSPS) is 27.2. The van der Waals surface area contributed by atoms with Gasteiger partial charge in [-0.2, -0.15) is 5.10 Å². The van der Waals surface area contributed by atoms with Crippen LogP contribution in [0.1, 0.15) is 18.9 Å². The van der Waals surface area contributed by atoms with Crippen molar-refractivity contribution in [3.8, 4) is 0 Å². The largest absolute Gasteiger partial charge is 0.378 e. The van der Waals surface area contributed by atoms with Crippen molar-refractivity contribution < 1.29 is 4.74 Å². The summed E-state index contributed by atoms with van der Waals surface area (Å²) in [5.41, 5.74) is 1.29. The summed E-state index contributed by atoms with van der Waals surface area (Å²) in [7, 11) is 3.99. The maximum atomic E-state index is 5.63. The van der Waals surface area contributed by atoms with Gasteiger partial charge in [0, 0.05) is 25.2 Å². The molecule has 2 heterocycles. The number of nitrogens with zero attached hydrogens (tertiary/aromatic N) is 2. The summed E-state index contributed by atoms with van der Waals surface area (Å²) in [5.74, 6) is 0.625. The molecule has 2 rings (SSSR count). The van der Waals surface area contributed by atoms with Gasteiger partial charge in [0.25, 0.3) is 0 Å². The van der Waals surface area contributed by atoms with Crippen molar-refractivity contribution in [3.63, 3.8) is 0 Å². The summed E-state index contributed by atoms with van der Waals surface area (Å²) in [6.45, 7) is 3.03. The van der Waals surface area contributed by atoms with Crippen molar-refractivity contribution in [1.29, 1.82) is 0 Å². The summed E-state index contributed by atoms with van der Waals surface area (Å²) < 4.78 is 7.49. The molecule has 4 nitrogen and oxygen atoms in total. The lowest BCUT2D eigenvalue weighted by atomic mass is 9.93. The number of hydrogen-bond donors (Lipinski definition) is 1. The van der Waals surface area contributed by atoms with E-state index in [-0.39, 0.29) is 0 Å². The summed E-state index contributed by atoms with van der Waals surface area (Å²) in [4.78, 5) is 0. The fraction of sp³-hybridized carbons (Fsp3) is 0.750. The van der Waals surface area contributed by atoms with Gasteiger partial charge >= 0.3 is 0 Å². The van der Waals surface area contributed by atoms with E-state index >= 15 is 0 Å². The molecule has 0 amide bonds. The van der Waals surface area contributed by atoms with Crippen LogP contribution < -0.4 is 5.32 Å². The van der Waals surface area contributed by atoms with Crippen molar-refractivity contribution >= 4 is 0 Å².